The van der Waals surface area contributed by atoms with E-state index in [-0.39, 0.29) is 17.9 Å². The van der Waals surface area contributed by atoms with E-state index in [2.05, 4.69) is 10.3 Å². The summed E-state index contributed by atoms with van der Waals surface area (Å²) in [6, 6.07) is 10.9. The summed E-state index contributed by atoms with van der Waals surface area (Å²) >= 11 is 0. The van der Waals surface area contributed by atoms with E-state index in [0.717, 1.165) is 11.3 Å². The summed E-state index contributed by atoms with van der Waals surface area (Å²) in [4.78, 5) is 28.0. The number of amides is 1. The minimum absolute atomic E-state index is 0.0125. The maximum atomic E-state index is 12.6. The van der Waals surface area contributed by atoms with Crippen LogP contribution in [0.5, 0.6) is 5.75 Å². The first kappa shape index (κ1) is 17.9. The molecule has 1 aliphatic rings. The van der Waals surface area contributed by atoms with Crippen molar-refractivity contribution >= 4 is 11.9 Å². The minimum atomic E-state index is -0.745. The van der Waals surface area contributed by atoms with Crippen LogP contribution in [0.2, 0.25) is 0 Å². The number of aromatic nitrogens is 1. The molecule has 6 nitrogen and oxygen atoms in total. The third-order valence-corrected chi connectivity index (χ3v) is 4.81. The fraction of sp³-hybridized carbons (Fsp3) is 0.350. The Morgan fingerprint density at radius 1 is 1.15 bits per heavy atom. The molecule has 0 bridgehead atoms. The van der Waals surface area contributed by atoms with Crippen molar-refractivity contribution in [2.24, 2.45) is 5.92 Å². The first-order valence-electron chi connectivity index (χ1n) is 8.71. The van der Waals surface area contributed by atoms with Gasteiger partial charge in [0.25, 0.3) is 5.91 Å². The molecule has 1 aromatic carbocycles. The van der Waals surface area contributed by atoms with Crippen LogP contribution in [0, 0.1) is 5.92 Å². The van der Waals surface area contributed by atoms with E-state index < -0.39 is 5.97 Å². The SMILES string of the molecule is COc1ccc(C(=O)NC2CCC(C(=O)O)CC2)cc1-c1ccccn1. The van der Waals surface area contributed by atoms with Gasteiger partial charge in [-0.1, -0.05) is 6.07 Å². The van der Waals surface area contributed by atoms with Crippen molar-refractivity contribution in [3.63, 3.8) is 0 Å². The molecule has 1 heterocycles. The van der Waals surface area contributed by atoms with Crippen molar-refractivity contribution in [1.29, 1.82) is 0 Å². The molecule has 0 spiro atoms. The fourth-order valence-electron chi connectivity index (χ4n) is 3.32. The second kappa shape index (κ2) is 7.99. The number of hydrogen-bond donors (Lipinski definition) is 2. The van der Waals surface area contributed by atoms with Crippen molar-refractivity contribution in [2.45, 2.75) is 31.7 Å². The summed E-state index contributed by atoms with van der Waals surface area (Å²) in [5.74, 6) is -0.546. The number of benzene rings is 1. The number of carboxylic acids is 1. The van der Waals surface area contributed by atoms with Crippen LogP contribution in [0.1, 0.15) is 36.0 Å². The normalized spacial score (nSPS) is 19.6. The van der Waals surface area contributed by atoms with Crippen LogP contribution < -0.4 is 10.1 Å². The number of carbonyl (C=O) groups excluding carboxylic acids is 1. The van der Waals surface area contributed by atoms with Crippen LogP contribution in [0.4, 0.5) is 0 Å². The summed E-state index contributed by atoms with van der Waals surface area (Å²) in [5.41, 5.74) is 2.03. The predicted molar refractivity (Wildman–Crippen MR) is 97.1 cm³/mol. The maximum absolute atomic E-state index is 12.6. The first-order chi connectivity index (χ1) is 12.6. The Kier molecular flexibility index (Phi) is 5.51. The monoisotopic (exact) mass is 354 g/mol. The lowest BCUT2D eigenvalue weighted by molar-refractivity contribution is -0.142. The van der Waals surface area contributed by atoms with Crippen LogP contribution in [-0.2, 0) is 4.79 Å². The molecular formula is C20H22N2O4. The van der Waals surface area contributed by atoms with Crippen molar-refractivity contribution in [3.05, 3.63) is 48.2 Å². The molecule has 136 valence electrons. The molecule has 6 heteroatoms. The van der Waals surface area contributed by atoms with Crippen LogP contribution in [0.15, 0.2) is 42.6 Å². The van der Waals surface area contributed by atoms with E-state index in [9.17, 15) is 9.59 Å². The van der Waals surface area contributed by atoms with E-state index in [1.165, 1.54) is 0 Å². The van der Waals surface area contributed by atoms with Gasteiger partial charge in [-0.2, -0.15) is 0 Å². The lowest BCUT2D eigenvalue weighted by Crippen LogP contribution is -2.38. The molecule has 3 rings (SSSR count). The summed E-state index contributed by atoms with van der Waals surface area (Å²) in [6.45, 7) is 0. The average Bonchev–Trinajstić information content (AvgIpc) is 2.68. The molecule has 0 atom stereocenters. The second-order valence-electron chi connectivity index (χ2n) is 6.49. The van der Waals surface area contributed by atoms with Crippen molar-refractivity contribution in [3.8, 4) is 17.0 Å². The third kappa shape index (κ3) is 4.02. The summed E-state index contributed by atoms with van der Waals surface area (Å²) in [7, 11) is 1.59. The number of carboxylic acid groups (broad SMARTS) is 1. The van der Waals surface area contributed by atoms with Gasteiger partial charge >= 0.3 is 5.97 Å². The van der Waals surface area contributed by atoms with Gasteiger partial charge < -0.3 is 15.2 Å². The van der Waals surface area contributed by atoms with Gasteiger partial charge in [-0.05, 0) is 56.0 Å². The van der Waals surface area contributed by atoms with Gasteiger partial charge in [0, 0.05) is 23.4 Å². The van der Waals surface area contributed by atoms with Crippen molar-refractivity contribution in [1.82, 2.24) is 10.3 Å². The van der Waals surface area contributed by atoms with E-state index in [0.29, 0.717) is 37.0 Å². The van der Waals surface area contributed by atoms with Gasteiger partial charge in [-0.25, -0.2) is 0 Å². The van der Waals surface area contributed by atoms with E-state index in [1.54, 1.807) is 31.5 Å². The van der Waals surface area contributed by atoms with E-state index in [1.807, 2.05) is 18.2 Å². The Bertz CT molecular complexity index is 784. The second-order valence-corrected chi connectivity index (χ2v) is 6.49. The van der Waals surface area contributed by atoms with Gasteiger partial charge in [-0.3, -0.25) is 14.6 Å². The fourth-order valence-corrected chi connectivity index (χ4v) is 3.32. The highest BCUT2D eigenvalue weighted by Crippen LogP contribution is 2.30. The minimum Gasteiger partial charge on any atom is -0.496 e. The third-order valence-electron chi connectivity index (χ3n) is 4.81. The Hall–Kier alpha value is -2.89. The van der Waals surface area contributed by atoms with Crippen molar-refractivity contribution < 1.29 is 19.4 Å². The molecular weight excluding hydrogens is 332 g/mol. The Morgan fingerprint density at radius 3 is 2.54 bits per heavy atom. The number of pyridine rings is 1. The zero-order valence-corrected chi connectivity index (χ0v) is 14.6. The smallest absolute Gasteiger partial charge is 0.306 e. The van der Waals surface area contributed by atoms with Gasteiger partial charge in [-0.15, -0.1) is 0 Å². The van der Waals surface area contributed by atoms with Crippen LogP contribution >= 0.6 is 0 Å². The zero-order chi connectivity index (χ0) is 18.5. The molecule has 1 saturated carbocycles. The Balaban J connectivity index is 1.73. The van der Waals surface area contributed by atoms with Crippen LogP contribution in [0.3, 0.4) is 0 Å². The summed E-state index contributed by atoms with van der Waals surface area (Å²) in [6.07, 6.45) is 4.27. The number of nitrogens with one attached hydrogen (secondary N) is 1. The molecule has 2 N–H and O–H groups in total. The highest BCUT2D eigenvalue weighted by atomic mass is 16.5. The number of rotatable bonds is 5. The number of aliphatic carboxylic acids is 1. The van der Waals surface area contributed by atoms with Crippen LogP contribution in [0.25, 0.3) is 11.3 Å². The average molecular weight is 354 g/mol. The molecule has 1 amide bonds. The number of methoxy groups -OCH3 is 1. The molecule has 1 fully saturated rings. The number of carbonyl (C=O) groups is 2. The van der Waals surface area contributed by atoms with E-state index in [4.69, 9.17) is 9.84 Å². The number of ether oxygens (including phenoxy) is 1. The Labute approximate surface area is 152 Å². The molecule has 2 aromatic rings. The quantitative estimate of drug-likeness (QED) is 0.861. The molecule has 0 unspecified atom stereocenters. The molecule has 1 aliphatic carbocycles. The highest BCUT2D eigenvalue weighted by molar-refractivity contribution is 5.96. The maximum Gasteiger partial charge on any atom is 0.306 e. The van der Waals surface area contributed by atoms with Crippen LogP contribution in [-0.4, -0.2) is 35.1 Å². The summed E-state index contributed by atoms with van der Waals surface area (Å²) < 4.78 is 5.39. The number of hydrogen-bond acceptors (Lipinski definition) is 4. The largest absolute Gasteiger partial charge is 0.496 e. The topological polar surface area (TPSA) is 88.5 Å². The van der Waals surface area contributed by atoms with Gasteiger partial charge in [0.2, 0.25) is 0 Å². The molecule has 0 aliphatic heterocycles. The first-order valence-corrected chi connectivity index (χ1v) is 8.71. The lowest BCUT2D eigenvalue weighted by Gasteiger charge is -2.26. The summed E-state index contributed by atoms with van der Waals surface area (Å²) in [5, 5.41) is 12.1. The molecule has 26 heavy (non-hydrogen) atoms. The van der Waals surface area contributed by atoms with Gasteiger partial charge in [0.1, 0.15) is 5.75 Å². The predicted octanol–water partition coefficient (Wildman–Crippen LogP) is 3.13. The van der Waals surface area contributed by atoms with Crippen molar-refractivity contribution in [2.75, 3.05) is 7.11 Å². The molecule has 1 aromatic heterocycles. The van der Waals surface area contributed by atoms with Gasteiger partial charge in [0.05, 0.1) is 18.7 Å². The molecule has 0 radical (unpaired) electrons. The zero-order valence-electron chi connectivity index (χ0n) is 14.6. The lowest BCUT2D eigenvalue weighted by atomic mass is 9.86. The standard InChI is InChI=1S/C20H22N2O4/c1-26-18-10-7-14(12-16(18)17-4-2-3-11-21-17)19(23)22-15-8-5-13(6-9-15)20(24)25/h2-4,7,10-13,15H,5-6,8-9H2,1H3,(H,22,23)(H,24,25). The highest BCUT2D eigenvalue weighted by Gasteiger charge is 2.27. The van der Waals surface area contributed by atoms with E-state index >= 15 is 0 Å². The van der Waals surface area contributed by atoms with Gasteiger partial charge in [0.15, 0.2) is 0 Å². The Morgan fingerprint density at radius 2 is 1.92 bits per heavy atom. The number of nitrogens with zero attached hydrogens (tertiary/aromatic N) is 1. The molecule has 0 saturated heterocycles.